The van der Waals surface area contributed by atoms with Crippen molar-refractivity contribution in [2.45, 2.75) is 31.3 Å². The zero-order valence-electron chi connectivity index (χ0n) is 14.6. The maximum atomic E-state index is 13.0. The molecule has 0 radical (unpaired) electrons. The molecule has 0 N–H and O–H groups in total. The van der Waals surface area contributed by atoms with E-state index in [1.165, 1.54) is 43.5 Å². The first-order chi connectivity index (χ1) is 11.6. The average Bonchev–Trinajstić information content (AvgIpc) is 2.54. The molecule has 25 heavy (non-hydrogen) atoms. The van der Waals surface area contributed by atoms with Crippen LogP contribution in [0.2, 0.25) is 0 Å². The van der Waals surface area contributed by atoms with E-state index in [2.05, 4.69) is 0 Å². The second-order valence-corrected chi connectivity index (χ2v) is 8.05. The molecule has 0 heterocycles. The van der Waals surface area contributed by atoms with Crippen LogP contribution < -0.4 is 9.04 Å². The highest BCUT2D eigenvalue weighted by Crippen LogP contribution is 2.27. The van der Waals surface area contributed by atoms with E-state index >= 15 is 0 Å². The first-order valence-electron chi connectivity index (χ1n) is 7.62. The third-order valence-corrected chi connectivity index (χ3v) is 4.86. The third-order valence-electron chi connectivity index (χ3n) is 3.15. The number of carbonyl (C=O) groups is 1. The number of ether oxygens (including phenoxy) is 2. The molecule has 0 bridgehead atoms. The number of para-hydroxylation sites is 1. The van der Waals surface area contributed by atoms with Gasteiger partial charge < -0.3 is 9.47 Å². The molecule has 0 atom stereocenters. The van der Waals surface area contributed by atoms with Crippen molar-refractivity contribution in [2.24, 2.45) is 0 Å². The molecule has 1 amide bonds. The van der Waals surface area contributed by atoms with E-state index in [9.17, 15) is 13.2 Å². The number of rotatable bonds is 4. The zero-order valence-corrected chi connectivity index (χ0v) is 15.4. The van der Waals surface area contributed by atoms with Crippen molar-refractivity contribution in [2.75, 3.05) is 11.4 Å². The fourth-order valence-corrected chi connectivity index (χ4v) is 3.39. The van der Waals surface area contributed by atoms with E-state index in [-0.39, 0.29) is 10.6 Å². The molecule has 0 spiro atoms. The monoisotopic (exact) mass is 363 g/mol. The lowest BCUT2D eigenvalue weighted by molar-refractivity contribution is 0.0609. The Labute approximate surface area is 148 Å². The molecule has 0 aliphatic heterocycles. The van der Waals surface area contributed by atoms with E-state index in [0.29, 0.717) is 10.1 Å². The molecule has 0 saturated heterocycles. The van der Waals surface area contributed by atoms with Gasteiger partial charge in [-0.1, -0.05) is 18.2 Å². The average molecular weight is 363 g/mol. The van der Waals surface area contributed by atoms with Gasteiger partial charge in [0.1, 0.15) is 11.4 Å². The quantitative estimate of drug-likeness (QED) is 0.825. The number of nitrogens with zero attached hydrogens (tertiary/aromatic N) is 1. The summed E-state index contributed by atoms with van der Waals surface area (Å²) in [5, 5.41) is 0. The fourth-order valence-electron chi connectivity index (χ4n) is 2.06. The van der Waals surface area contributed by atoms with Crippen molar-refractivity contribution in [3.05, 3.63) is 54.6 Å². The van der Waals surface area contributed by atoms with Crippen LogP contribution in [0.1, 0.15) is 20.8 Å². The molecule has 6 nitrogen and oxygen atoms in total. The summed E-state index contributed by atoms with van der Waals surface area (Å²) in [5.74, 6) is 0.516. The van der Waals surface area contributed by atoms with Crippen LogP contribution in [-0.4, -0.2) is 27.2 Å². The normalized spacial score (nSPS) is 11.7. The summed E-state index contributed by atoms with van der Waals surface area (Å²) >= 11 is 0. The number of amides is 1. The van der Waals surface area contributed by atoms with Crippen LogP contribution in [0.3, 0.4) is 0 Å². The van der Waals surface area contributed by atoms with Gasteiger partial charge >= 0.3 is 6.09 Å². The van der Waals surface area contributed by atoms with Crippen molar-refractivity contribution in [3.8, 4) is 5.75 Å². The van der Waals surface area contributed by atoms with Crippen molar-refractivity contribution >= 4 is 21.8 Å². The van der Waals surface area contributed by atoms with Gasteiger partial charge in [-0.05, 0) is 57.2 Å². The molecule has 0 aliphatic carbocycles. The van der Waals surface area contributed by atoms with Crippen molar-refractivity contribution in [1.29, 1.82) is 0 Å². The van der Waals surface area contributed by atoms with Gasteiger partial charge in [-0.3, -0.25) is 0 Å². The molecule has 0 fully saturated rings. The summed E-state index contributed by atoms with van der Waals surface area (Å²) in [6, 6.07) is 13.9. The summed E-state index contributed by atoms with van der Waals surface area (Å²) in [7, 11) is -2.66. The Morgan fingerprint density at radius 3 is 2.00 bits per heavy atom. The fraction of sp³-hybridized carbons (Fsp3) is 0.278. The summed E-state index contributed by atoms with van der Waals surface area (Å²) < 4.78 is 37.1. The minimum atomic E-state index is -4.15. The number of anilines is 1. The van der Waals surface area contributed by atoms with E-state index in [1.54, 1.807) is 39.0 Å². The first kappa shape index (κ1) is 18.8. The van der Waals surface area contributed by atoms with Gasteiger partial charge in [0.25, 0.3) is 10.0 Å². The van der Waals surface area contributed by atoms with Crippen LogP contribution in [0.4, 0.5) is 10.5 Å². The lowest BCUT2D eigenvalue weighted by Crippen LogP contribution is -2.41. The summed E-state index contributed by atoms with van der Waals surface area (Å²) in [5.41, 5.74) is -0.632. The van der Waals surface area contributed by atoms with Crippen LogP contribution in [0.15, 0.2) is 59.5 Å². The number of hydrogen-bond donors (Lipinski definition) is 0. The number of hydrogen-bond acceptors (Lipinski definition) is 5. The van der Waals surface area contributed by atoms with E-state index in [1.807, 2.05) is 0 Å². The summed E-state index contributed by atoms with van der Waals surface area (Å²) in [6.07, 6.45) is -0.963. The lowest BCUT2D eigenvalue weighted by atomic mass is 10.2. The van der Waals surface area contributed by atoms with Crippen molar-refractivity contribution in [3.63, 3.8) is 0 Å². The molecule has 7 heteroatoms. The number of sulfonamides is 1. The van der Waals surface area contributed by atoms with E-state index in [4.69, 9.17) is 9.47 Å². The van der Waals surface area contributed by atoms with Crippen LogP contribution >= 0.6 is 0 Å². The minimum absolute atomic E-state index is 0.0389. The third kappa shape index (κ3) is 4.51. The molecule has 2 rings (SSSR count). The Hall–Kier alpha value is -2.54. The van der Waals surface area contributed by atoms with Gasteiger partial charge in [0.05, 0.1) is 17.7 Å². The Morgan fingerprint density at radius 1 is 0.960 bits per heavy atom. The molecule has 0 saturated carbocycles. The van der Waals surface area contributed by atoms with Crippen LogP contribution in [0.5, 0.6) is 5.75 Å². The Balaban J connectivity index is 2.51. The molecule has 0 unspecified atom stereocenters. The van der Waals surface area contributed by atoms with Crippen molar-refractivity contribution < 1.29 is 22.7 Å². The standard InChI is InChI=1S/C18H21NO5S/c1-18(2,3)24-17(20)19(14-8-6-5-7-9-14)25(21,22)16-12-10-15(23-4)11-13-16/h5-13H,1-4H3. The maximum absolute atomic E-state index is 13.0. The van der Waals surface area contributed by atoms with Crippen LogP contribution in [0.25, 0.3) is 0 Å². The molecule has 0 aliphatic rings. The highest BCUT2D eigenvalue weighted by molar-refractivity contribution is 7.93. The van der Waals surface area contributed by atoms with Gasteiger partial charge in [-0.2, -0.15) is 4.31 Å². The Kier molecular flexibility index (Phi) is 5.37. The molecule has 0 aromatic heterocycles. The second-order valence-electron chi connectivity index (χ2n) is 6.26. The molecule has 2 aromatic rings. The predicted octanol–water partition coefficient (Wildman–Crippen LogP) is 3.83. The number of carbonyl (C=O) groups excluding carboxylic acids is 1. The first-order valence-corrected chi connectivity index (χ1v) is 9.06. The van der Waals surface area contributed by atoms with E-state index in [0.717, 1.165) is 0 Å². The number of benzene rings is 2. The van der Waals surface area contributed by atoms with Crippen molar-refractivity contribution in [1.82, 2.24) is 0 Å². The molecule has 2 aromatic carbocycles. The predicted molar refractivity (Wildman–Crippen MR) is 95.3 cm³/mol. The summed E-state index contributed by atoms with van der Waals surface area (Å²) in [6.45, 7) is 5.02. The smallest absolute Gasteiger partial charge is 0.429 e. The molecular weight excluding hydrogens is 342 g/mol. The molecular formula is C18H21NO5S. The van der Waals surface area contributed by atoms with Gasteiger partial charge in [0, 0.05) is 0 Å². The topological polar surface area (TPSA) is 72.9 Å². The lowest BCUT2D eigenvalue weighted by Gasteiger charge is -2.27. The Morgan fingerprint density at radius 2 is 1.52 bits per heavy atom. The maximum Gasteiger partial charge on any atom is 0.429 e. The highest BCUT2D eigenvalue weighted by Gasteiger charge is 2.34. The number of methoxy groups -OCH3 is 1. The van der Waals surface area contributed by atoms with Gasteiger partial charge in [-0.25, -0.2) is 13.2 Å². The van der Waals surface area contributed by atoms with Crippen LogP contribution in [0, 0.1) is 0 Å². The van der Waals surface area contributed by atoms with E-state index < -0.39 is 21.7 Å². The van der Waals surface area contributed by atoms with Gasteiger partial charge in [0.15, 0.2) is 0 Å². The van der Waals surface area contributed by atoms with Gasteiger partial charge in [0.2, 0.25) is 0 Å². The Bertz CT molecular complexity index is 824. The highest BCUT2D eigenvalue weighted by atomic mass is 32.2. The molecule has 134 valence electrons. The van der Waals surface area contributed by atoms with Crippen LogP contribution in [-0.2, 0) is 14.8 Å². The second kappa shape index (κ2) is 7.14. The SMILES string of the molecule is COc1ccc(S(=O)(=O)N(C(=O)OC(C)(C)C)c2ccccc2)cc1. The minimum Gasteiger partial charge on any atom is -0.497 e. The largest absolute Gasteiger partial charge is 0.497 e. The zero-order chi connectivity index (χ0) is 18.7. The summed E-state index contributed by atoms with van der Waals surface area (Å²) in [4.78, 5) is 12.6. The van der Waals surface area contributed by atoms with Gasteiger partial charge in [-0.15, -0.1) is 0 Å².